The number of hydrogen-bond acceptors (Lipinski definition) is 12. The van der Waals surface area contributed by atoms with E-state index in [1.165, 1.54) is 34.9 Å². The van der Waals surface area contributed by atoms with E-state index in [9.17, 15) is 39.7 Å². The fourth-order valence-corrected chi connectivity index (χ4v) is 7.85. The van der Waals surface area contributed by atoms with Crippen molar-refractivity contribution in [3.05, 3.63) is 117 Å². The minimum Gasteiger partial charge on any atom is -0.444 e. The van der Waals surface area contributed by atoms with Crippen LogP contribution in [0, 0.1) is 26.1 Å². The number of nitrogens with zero attached hydrogens (tertiary/aromatic N) is 5. The summed E-state index contributed by atoms with van der Waals surface area (Å²) in [4.78, 5) is 72.5. The molecule has 4 aromatic rings. The van der Waals surface area contributed by atoms with Gasteiger partial charge in [-0.2, -0.15) is 0 Å². The molecular formula is C41H50N8O9S. The molecule has 4 N–H and O–H groups in total. The molecule has 2 aromatic heterocycles. The summed E-state index contributed by atoms with van der Waals surface area (Å²) in [7, 11) is 0. The molecule has 2 heterocycles. The minimum atomic E-state index is -1.36. The summed E-state index contributed by atoms with van der Waals surface area (Å²) in [6, 6.07) is 14.3. The highest BCUT2D eigenvalue weighted by Gasteiger charge is 2.34. The Labute approximate surface area is 346 Å². The zero-order valence-electron chi connectivity index (χ0n) is 33.2. The van der Waals surface area contributed by atoms with Crippen molar-refractivity contribution in [2.24, 2.45) is 5.92 Å². The van der Waals surface area contributed by atoms with Crippen LogP contribution in [0.1, 0.15) is 70.6 Å². The minimum absolute atomic E-state index is 0.0426. The van der Waals surface area contributed by atoms with Crippen LogP contribution < -0.4 is 16.0 Å². The van der Waals surface area contributed by atoms with Gasteiger partial charge in [-0.05, 0) is 56.9 Å². The Morgan fingerprint density at radius 2 is 1.61 bits per heavy atom. The lowest BCUT2D eigenvalue weighted by atomic mass is 9.83. The van der Waals surface area contributed by atoms with Gasteiger partial charge in [0.1, 0.15) is 23.4 Å². The van der Waals surface area contributed by atoms with Crippen molar-refractivity contribution in [2.75, 3.05) is 5.75 Å². The molecule has 2 aromatic carbocycles. The molecule has 0 saturated heterocycles. The Hall–Kier alpha value is -5.88. The van der Waals surface area contributed by atoms with Crippen LogP contribution in [-0.2, 0) is 27.2 Å². The van der Waals surface area contributed by atoms with Gasteiger partial charge in [-0.25, -0.2) is 14.8 Å². The van der Waals surface area contributed by atoms with E-state index in [2.05, 4.69) is 25.9 Å². The van der Waals surface area contributed by atoms with Gasteiger partial charge < -0.3 is 25.8 Å². The molecule has 1 aliphatic carbocycles. The van der Waals surface area contributed by atoms with Crippen molar-refractivity contribution in [3.63, 3.8) is 0 Å². The van der Waals surface area contributed by atoms with E-state index in [1.807, 2.05) is 18.2 Å². The van der Waals surface area contributed by atoms with E-state index in [1.54, 1.807) is 57.3 Å². The van der Waals surface area contributed by atoms with Crippen LogP contribution in [-0.4, -0.2) is 83.0 Å². The largest absolute Gasteiger partial charge is 0.444 e. The molecular weight excluding hydrogens is 781 g/mol. The average molecular weight is 831 g/mol. The number of hydrogen-bond donors (Lipinski definition) is 4. The lowest BCUT2D eigenvalue weighted by molar-refractivity contribution is -0.394. The number of aliphatic hydroxyl groups excluding tert-OH is 1. The number of ether oxygens (including phenoxy) is 1. The number of non-ortho nitro benzene ring substituents is 1. The molecule has 17 nitrogen and oxygen atoms in total. The highest BCUT2D eigenvalue weighted by molar-refractivity contribution is 7.99. The van der Waals surface area contributed by atoms with Crippen LogP contribution in [0.25, 0.3) is 5.69 Å². The predicted molar refractivity (Wildman–Crippen MR) is 220 cm³/mol. The summed E-state index contributed by atoms with van der Waals surface area (Å²) in [6.45, 7) is 5.06. The van der Waals surface area contributed by atoms with Crippen LogP contribution in [0.3, 0.4) is 0 Å². The van der Waals surface area contributed by atoms with Gasteiger partial charge in [0, 0.05) is 42.7 Å². The molecule has 3 amide bonds. The van der Waals surface area contributed by atoms with E-state index in [-0.39, 0.29) is 35.9 Å². The summed E-state index contributed by atoms with van der Waals surface area (Å²) < 4.78 is 6.79. The molecule has 18 heteroatoms. The normalized spacial score (nSPS) is 15.3. The number of thioether (sulfide) groups is 1. The Bertz CT molecular complexity index is 2060. The van der Waals surface area contributed by atoms with Crippen molar-refractivity contribution in [2.45, 2.75) is 107 Å². The number of carbonyl (C=O) groups is 3. The molecule has 0 radical (unpaired) electrons. The molecule has 314 valence electrons. The fraction of sp³-hybridized carbons (Fsp3) is 0.439. The maximum absolute atomic E-state index is 14.6. The molecule has 1 fully saturated rings. The zero-order valence-corrected chi connectivity index (χ0v) is 34.0. The van der Waals surface area contributed by atoms with Crippen LogP contribution in [0.15, 0.2) is 90.5 Å². The lowest BCUT2D eigenvalue weighted by Gasteiger charge is -2.32. The second-order valence-electron chi connectivity index (χ2n) is 15.5. The van der Waals surface area contributed by atoms with Crippen molar-refractivity contribution >= 4 is 41.0 Å². The third-order valence-electron chi connectivity index (χ3n) is 9.82. The number of pyridine rings is 1. The van der Waals surface area contributed by atoms with Gasteiger partial charge in [0.25, 0.3) is 11.4 Å². The van der Waals surface area contributed by atoms with E-state index < -0.39 is 69.0 Å². The number of nitro benzene ring substituents is 2. The summed E-state index contributed by atoms with van der Waals surface area (Å²) in [5.41, 5.74) is -1.02. The number of rotatable bonds is 18. The van der Waals surface area contributed by atoms with Gasteiger partial charge in [0.2, 0.25) is 11.8 Å². The van der Waals surface area contributed by atoms with Crippen LogP contribution in [0.4, 0.5) is 16.2 Å². The molecule has 0 aliphatic heterocycles. The predicted octanol–water partition coefficient (Wildman–Crippen LogP) is 5.86. The highest BCUT2D eigenvalue weighted by Crippen LogP contribution is 2.31. The van der Waals surface area contributed by atoms with Gasteiger partial charge in [0.05, 0.1) is 39.4 Å². The third kappa shape index (κ3) is 13.3. The number of benzene rings is 2. The number of alkyl carbamates (subject to hydrolysis) is 1. The molecule has 4 atom stereocenters. The standard InChI is InChI=1S/C41H50N8O9S/c1-41(2,3)58-40(53)46-32(21-28-14-8-5-9-15-28)38(51)45-33(22-30-24-42-26-47(30)34-18-17-29(48(54)55)23-35(34)49(56)57)39(52)44-31(20-27-12-6-4-7-13-27)36(50)25-59-37-16-10-11-19-43-37/h5,8-11,14-19,23-24,26-27,31-33,36,50H,4,6-7,12-13,20-22,25H2,1-3H3,(H,44,52)(H,45,51)(H,46,53)/t31-,32-,33-,36-/m0/s1. The lowest BCUT2D eigenvalue weighted by Crippen LogP contribution is -2.58. The summed E-state index contributed by atoms with van der Waals surface area (Å²) in [5.74, 6) is -0.902. The number of nitro groups is 2. The first-order valence-corrected chi connectivity index (χ1v) is 20.5. The summed E-state index contributed by atoms with van der Waals surface area (Å²) >= 11 is 1.35. The number of aromatic nitrogens is 3. The third-order valence-corrected chi connectivity index (χ3v) is 10.9. The second-order valence-corrected chi connectivity index (χ2v) is 16.5. The van der Waals surface area contributed by atoms with Crippen LogP contribution >= 0.6 is 11.8 Å². The van der Waals surface area contributed by atoms with Gasteiger partial charge in [-0.15, -0.1) is 11.8 Å². The van der Waals surface area contributed by atoms with Crippen molar-refractivity contribution in [3.8, 4) is 5.69 Å². The summed E-state index contributed by atoms with van der Waals surface area (Å²) in [6.07, 6.45) is 7.79. The van der Waals surface area contributed by atoms with E-state index in [4.69, 9.17) is 4.74 Å². The van der Waals surface area contributed by atoms with Crippen LogP contribution in [0.5, 0.6) is 0 Å². The second kappa shape index (κ2) is 20.7. The first-order valence-electron chi connectivity index (χ1n) is 19.5. The highest BCUT2D eigenvalue weighted by atomic mass is 32.2. The molecule has 5 rings (SSSR count). The maximum Gasteiger partial charge on any atom is 0.408 e. The van der Waals surface area contributed by atoms with Crippen molar-refractivity contribution < 1.29 is 34.1 Å². The Kier molecular flexibility index (Phi) is 15.5. The fourth-order valence-electron chi connectivity index (χ4n) is 6.96. The van der Waals surface area contributed by atoms with Gasteiger partial charge in [-0.1, -0.05) is 68.5 Å². The van der Waals surface area contributed by atoms with Crippen molar-refractivity contribution in [1.82, 2.24) is 30.5 Å². The smallest absolute Gasteiger partial charge is 0.408 e. The van der Waals surface area contributed by atoms with Crippen LogP contribution in [0.2, 0.25) is 0 Å². The Balaban J connectivity index is 1.48. The summed E-state index contributed by atoms with van der Waals surface area (Å²) in [5, 5.41) is 44.4. The first kappa shape index (κ1) is 44.2. The number of aliphatic hydroxyl groups is 1. The topological polar surface area (TPSA) is 234 Å². The first-order chi connectivity index (χ1) is 28.2. The number of nitrogens with one attached hydrogen (secondary N) is 3. The Morgan fingerprint density at radius 1 is 0.915 bits per heavy atom. The maximum atomic E-state index is 14.6. The van der Waals surface area contributed by atoms with Gasteiger partial charge >= 0.3 is 6.09 Å². The van der Waals surface area contributed by atoms with Gasteiger partial charge in [0.15, 0.2) is 0 Å². The number of amides is 3. The Morgan fingerprint density at radius 3 is 2.27 bits per heavy atom. The number of carbonyl (C=O) groups excluding carboxylic acids is 3. The molecule has 0 spiro atoms. The monoisotopic (exact) mass is 830 g/mol. The zero-order chi connectivity index (χ0) is 42.5. The molecule has 0 unspecified atom stereocenters. The van der Waals surface area contributed by atoms with Crippen molar-refractivity contribution in [1.29, 1.82) is 0 Å². The van der Waals surface area contributed by atoms with E-state index in [0.717, 1.165) is 44.2 Å². The average Bonchev–Trinajstić information content (AvgIpc) is 3.67. The molecule has 59 heavy (non-hydrogen) atoms. The van der Waals surface area contributed by atoms with E-state index >= 15 is 0 Å². The van der Waals surface area contributed by atoms with Gasteiger partial charge in [-0.3, -0.25) is 34.4 Å². The van der Waals surface area contributed by atoms with E-state index in [0.29, 0.717) is 17.0 Å². The molecule has 1 saturated carbocycles. The quantitative estimate of drug-likeness (QED) is 0.0525. The molecule has 0 bridgehead atoms. The number of imidazole rings is 1. The molecule has 1 aliphatic rings. The SMILES string of the molecule is CC(C)(C)OC(=O)N[C@@H](Cc1ccccc1)C(=O)N[C@@H](Cc1cncn1-c1ccc([N+](=O)[O-])cc1[N+](=O)[O-])C(=O)N[C@@H](CC1CCCCC1)[C@@H](O)CSc1ccccn1.